The zero-order valence-electron chi connectivity index (χ0n) is 7.16. The lowest BCUT2D eigenvalue weighted by Crippen LogP contribution is -2.09. The van der Waals surface area contributed by atoms with Crippen LogP contribution in [-0.2, 0) is 9.59 Å². The summed E-state index contributed by atoms with van der Waals surface area (Å²) >= 11 is 0. The van der Waals surface area contributed by atoms with E-state index >= 15 is 0 Å². The summed E-state index contributed by atoms with van der Waals surface area (Å²) in [4.78, 5) is 18.2. The standard InChI is InChI=1S/C2H2O4.BH3O3.FH.3H3N/c3-1(4)2(5)6;2-1(3)4;;;;/h(H,3,4)(H,5,6);2-4H;1H;3*1H3. The first-order valence-corrected chi connectivity index (χ1v) is 1.88. The number of rotatable bonds is 0. The molecule has 0 saturated heterocycles. The van der Waals surface area contributed by atoms with Crippen molar-refractivity contribution < 1.29 is 39.6 Å². The maximum absolute atomic E-state index is 9.10. The quantitative estimate of drug-likeness (QED) is 0.162. The van der Waals surface area contributed by atoms with Crippen molar-refractivity contribution in [2.45, 2.75) is 0 Å². The lowest BCUT2D eigenvalue weighted by Gasteiger charge is -1.72. The number of hydrogen-bond donors (Lipinski definition) is 8. The van der Waals surface area contributed by atoms with Gasteiger partial charge in [-0.25, -0.2) is 9.59 Å². The average molecular weight is 223 g/mol. The van der Waals surface area contributed by atoms with Crippen LogP contribution in [0.15, 0.2) is 0 Å². The molecule has 0 spiro atoms. The number of carboxylic acid groups (broad SMARTS) is 2. The summed E-state index contributed by atoms with van der Waals surface area (Å²) in [6, 6.07) is 0. The second kappa shape index (κ2) is 22.6. The highest BCUT2D eigenvalue weighted by Gasteiger charge is 2.04. The molecule has 0 radical (unpaired) electrons. The first kappa shape index (κ1) is 38.7. The molecule has 0 aliphatic rings. The molecule has 0 aliphatic heterocycles. The third kappa shape index (κ3) is 138. The largest absolute Gasteiger partial charge is 0.631 e. The predicted molar refractivity (Wildman–Crippen MR) is 45.3 cm³/mol. The van der Waals surface area contributed by atoms with Gasteiger partial charge >= 0.3 is 19.3 Å². The molecule has 0 heterocycles. The molecular formula is C2H15BFN3O7. The minimum Gasteiger partial charge on any atom is -0.473 e. The van der Waals surface area contributed by atoms with Crippen LogP contribution in [0, 0.1) is 0 Å². The van der Waals surface area contributed by atoms with Crippen LogP contribution < -0.4 is 18.5 Å². The molecule has 90 valence electrons. The van der Waals surface area contributed by atoms with Gasteiger partial charge in [-0.05, 0) is 0 Å². The van der Waals surface area contributed by atoms with Crippen molar-refractivity contribution in [2.75, 3.05) is 0 Å². The van der Waals surface area contributed by atoms with Crippen LogP contribution in [0.3, 0.4) is 0 Å². The molecule has 0 fully saturated rings. The van der Waals surface area contributed by atoms with E-state index < -0.39 is 19.3 Å². The summed E-state index contributed by atoms with van der Waals surface area (Å²) in [6.45, 7) is 0. The Morgan fingerprint density at radius 2 is 0.857 bits per heavy atom. The summed E-state index contributed by atoms with van der Waals surface area (Å²) in [5, 5.41) is 36.3. The molecule has 0 saturated carbocycles. The fourth-order valence-corrected chi connectivity index (χ4v) is 0. The summed E-state index contributed by atoms with van der Waals surface area (Å²) in [5.41, 5.74) is 0. The second-order valence-electron chi connectivity index (χ2n) is 0.957. The minimum atomic E-state index is -2.17. The monoisotopic (exact) mass is 223 g/mol. The highest BCUT2D eigenvalue weighted by Crippen LogP contribution is 1.56. The maximum Gasteiger partial charge on any atom is 0.631 e. The van der Waals surface area contributed by atoms with E-state index in [2.05, 4.69) is 0 Å². The van der Waals surface area contributed by atoms with Gasteiger partial charge in [0.05, 0.1) is 0 Å². The van der Waals surface area contributed by atoms with E-state index in [0.717, 1.165) is 0 Å². The number of hydrogen-bond acceptors (Lipinski definition) is 8. The van der Waals surface area contributed by atoms with Gasteiger partial charge in [0.25, 0.3) is 0 Å². The Bertz CT molecular complexity index is 119. The minimum absolute atomic E-state index is 0. The molecule has 0 rings (SSSR count). The van der Waals surface area contributed by atoms with Gasteiger partial charge in [-0.1, -0.05) is 0 Å². The lowest BCUT2D eigenvalue weighted by molar-refractivity contribution is -0.159. The van der Waals surface area contributed by atoms with E-state index in [1.54, 1.807) is 0 Å². The summed E-state index contributed by atoms with van der Waals surface area (Å²) in [5.74, 6) is -3.65. The van der Waals surface area contributed by atoms with Crippen LogP contribution in [0.5, 0.6) is 0 Å². The molecule has 10 nitrogen and oxygen atoms in total. The van der Waals surface area contributed by atoms with E-state index in [4.69, 9.17) is 34.9 Å². The van der Waals surface area contributed by atoms with Crippen LogP contribution in [0.2, 0.25) is 0 Å². The normalized spacial score (nSPS) is 5.07. The molecule has 0 aromatic carbocycles. The second-order valence-corrected chi connectivity index (χ2v) is 0.957. The van der Waals surface area contributed by atoms with E-state index in [1.807, 2.05) is 0 Å². The molecule has 0 unspecified atom stereocenters. The highest BCUT2D eigenvalue weighted by molar-refractivity contribution is 6.30. The van der Waals surface area contributed by atoms with Crippen molar-refractivity contribution in [3.05, 3.63) is 0 Å². The van der Waals surface area contributed by atoms with E-state index in [-0.39, 0.29) is 23.2 Å². The van der Waals surface area contributed by atoms with Gasteiger partial charge in [-0.15, -0.1) is 0 Å². The average Bonchev–Trinajstić information content (AvgIpc) is 1.63. The van der Waals surface area contributed by atoms with Crippen LogP contribution in [0.1, 0.15) is 0 Å². The predicted octanol–water partition coefficient (Wildman–Crippen LogP) is -2.26. The molecule has 0 bridgehead atoms. The van der Waals surface area contributed by atoms with Crippen LogP contribution in [0.4, 0.5) is 4.70 Å². The number of carboxylic acids is 2. The maximum atomic E-state index is 9.10. The zero-order chi connectivity index (χ0) is 8.73. The topological polar surface area (TPSA) is 240 Å². The Labute approximate surface area is 78.5 Å². The van der Waals surface area contributed by atoms with Crippen LogP contribution >= 0.6 is 0 Å². The Morgan fingerprint density at radius 3 is 0.857 bits per heavy atom. The fourth-order valence-electron chi connectivity index (χ4n) is 0. The van der Waals surface area contributed by atoms with Crippen molar-refractivity contribution >= 4 is 19.3 Å². The summed E-state index contributed by atoms with van der Waals surface area (Å²) < 4.78 is 0. The SMILES string of the molecule is F.N.N.N.O=C(O)C(=O)O.OB(O)O. The molecular weight excluding hydrogens is 208 g/mol. The molecule has 0 aromatic heterocycles. The lowest BCUT2D eigenvalue weighted by atomic mass is 10.3. The fraction of sp³-hybridized carbons (Fsp3) is 0. The van der Waals surface area contributed by atoms with Gasteiger partial charge in [-0.3, -0.25) is 4.70 Å². The highest BCUT2D eigenvalue weighted by atomic mass is 19.0. The van der Waals surface area contributed by atoms with Crippen LogP contribution in [-0.4, -0.2) is 44.5 Å². The molecule has 14 heavy (non-hydrogen) atoms. The Morgan fingerprint density at radius 1 is 0.786 bits per heavy atom. The Hall–Kier alpha value is -1.31. The van der Waals surface area contributed by atoms with Crippen molar-refractivity contribution in [3.8, 4) is 0 Å². The van der Waals surface area contributed by atoms with Gasteiger partial charge in [0.15, 0.2) is 0 Å². The Kier molecular flexibility index (Phi) is 62.5. The van der Waals surface area contributed by atoms with Gasteiger partial charge < -0.3 is 43.7 Å². The van der Waals surface area contributed by atoms with E-state index in [0.29, 0.717) is 0 Å². The number of halogens is 1. The first-order valence-electron chi connectivity index (χ1n) is 1.88. The van der Waals surface area contributed by atoms with Crippen molar-refractivity contribution in [2.24, 2.45) is 0 Å². The molecule has 0 atom stereocenters. The summed E-state index contributed by atoms with van der Waals surface area (Å²) in [7, 11) is -2.17. The van der Waals surface area contributed by atoms with Crippen molar-refractivity contribution in [3.63, 3.8) is 0 Å². The van der Waals surface area contributed by atoms with Gasteiger partial charge in [0.1, 0.15) is 0 Å². The number of carbonyl (C=O) groups is 2. The van der Waals surface area contributed by atoms with Gasteiger partial charge in [0, 0.05) is 0 Å². The van der Waals surface area contributed by atoms with Crippen molar-refractivity contribution in [1.82, 2.24) is 18.5 Å². The summed E-state index contributed by atoms with van der Waals surface area (Å²) in [6.07, 6.45) is 0. The third-order valence-electron chi connectivity index (χ3n) is 0.183. The first-order chi connectivity index (χ1) is 4.37. The molecule has 12 heteroatoms. The van der Waals surface area contributed by atoms with Gasteiger partial charge in [-0.2, -0.15) is 0 Å². The van der Waals surface area contributed by atoms with E-state index in [9.17, 15) is 0 Å². The molecule has 0 aliphatic carbocycles. The van der Waals surface area contributed by atoms with E-state index in [1.165, 1.54) is 0 Å². The van der Waals surface area contributed by atoms with Crippen molar-refractivity contribution in [1.29, 1.82) is 0 Å². The van der Waals surface area contributed by atoms with Crippen LogP contribution in [0.25, 0.3) is 0 Å². The molecule has 0 aromatic rings. The van der Waals surface area contributed by atoms with Gasteiger partial charge in [0.2, 0.25) is 0 Å². The molecule has 0 amide bonds. The number of aliphatic carboxylic acids is 2. The molecule has 14 N–H and O–H groups in total. The Balaban J connectivity index is -0.0000000185. The zero-order valence-corrected chi connectivity index (χ0v) is 7.16. The third-order valence-corrected chi connectivity index (χ3v) is 0.183. The smallest absolute Gasteiger partial charge is 0.473 e.